The van der Waals surface area contributed by atoms with E-state index in [9.17, 15) is 0 Å². The van der Waals surface area contributed by atoms with Crippen LogP contribution < -0.4 is 0 Å². The standard InChI is InChI=1S/C56H33N3O2/c1-3-14-34(15-4-1)53-55-54(58-56(57-53)44-22-13-25-51-52(44)43-21-10-12-24-49(43)60-51)46-33-36(27-31-50(46)61-55)39-29-28-38(40-18-7-8-19-41(39)40)35-26-30-48-45(32-35)42-20-9-11-23-47(42)59(48)37-16-5-2-6-17-37/h1-33H. The summed E-state index contributed by atoms with van der Waals surface area (Å²) in [5, 5.41) is 7.81. The van der Waals surface area contributed by atoms with Crippen LogP contribution in [0.3, 0.4) is 0 Å². The minimum absolute atomic E-state index is 0.621. The van der Waals surface area contributed by atoms with Crippen LogP contribution >= 0.6 is 0 Å². The molecule has 4 heterocycles. The van der Waals surface area contributed by atoms with E-state index in [1.165, 1.54) is 43.7 Å². The van der Waals surface area contributed by atoms with E-state index in [2.05, 4.69) is 156 Å². The molecule has 0 spiro atoms. The van der Waals surface area contributed by atoms with Gasteiger partial charge in [0.1, 0.15) is 28.0 Å². The molecule has 0 saturated heterocycles. The van der Waals surface area contributed by atoms with Gasteiger partial charge >= 0.3 is 0 Å². The molecule has 9 aromatic carbocycles. The zero-order valence-electron chi connectivity index (χ0n) is 32.7. The van der Waals surface area contributed by atoms with Gasteiger partial charge in [0, 0.05) is 43.7 Å². The second kappa shape index (κ2) is 13.1. The molecule has 284 valence electrons. The second-order valence-corrected chi connectivity index (χ2v) is 15.7. The van der Waals surface area contributed by atoms with Crippen LogP contribution in [0.1, 0.15) is 0 Å². The molecule has 0 bridgehead atoms. The van der Waals surface area contributed by atoms with E-state index in [1.807, 2.05) is 48.5 Å². The molecule has 5 nitrogen and oxygen atoms in total. The molecule has 0 unspecified atom stereocenters. The Balaban J connectivity index is 0.992. The molecular weight excluding hydrogens is 747 g/mol. The largest absolute Gasteiger partial charge is 0.456 e. The molecule has 4 aromatic heterocycles. The van der Waals surface area contributed by atoms with Crippen molar-refractivity contribution in [2.24, 2.45) is 0 Å². The van der Waals surface area contributed by atoms with Crippen LogP contribution in [0.4, 0.5) is 0 Å². The fraction of sp³-hybridized carbons (Fsp3) is 0. The molecule has 13 aromatic rings. The molecule has 0 radical (unpaired) electrons. The number of rotatable bonds is 5. The van der Waals surface area contributed by atoms with Crippen LogP contribution in [0.25, 0.3) is 127 Å². The summed E-state index contributed by atoms with van der Waals surface area (Å²) in [6.45, 7) is 0. The van der Waals surface area contributed by atoms with Crippen molar-refractivity contribution in [2.75, 3.05) is 0 Å². The lowest BCUT2D eigenvalue weighted by molar-refractivity contribution is 0.667. The smallest absolute Gasteiger partial charge is 0.180 e. The Bertz CT molecular complexity index is 3880. The molecule has 0 amide bonds. The summed E-state index contributed by atoms with van der Waals surface area (Å²) >= 11 is 0. The molecule has 61 heavy (non-hydrogen) atoms. The van der Waals surface area contributed by atoms with Gasteiger partial charge in [-0.2, -0.15) is 0 Å². The summed E-state index contributed by atoms with van der Waals surface area (Å²) < 4.78 is 15.3. The topological polar surface area (TPSA) is 57.0 Å². The van der Waals surface area contributed by atoms with E-state index in [0.29, 0.717) is 11.4 Å². The van der Waals surface area contributed by atoms with Crippen molar-refractivity contribution in [2.45, 2.75) is 0 Å². The predicted molar refractivity (Wildman–Crippen MR) is 250 cm³/mol. The summed E-state index contributed by atoms with van der Waals surface area (Å²) in [5.41, 5.74) is 14.6. The van der Waals surface area contributed by atoms with Crippen LogP contribution in [0.2, 0.25) is 0 Å². The van der Waals surface area contributed by atoms with Crippen LogP contribution in [0.15, 0.2) is 209 Å². The average Bonchev–Trinajstić information content (AvgIpc) is 4.01. The first-order valence-corrected chi connectivity index (χ1v) is 20.6. The monoisotopic (exact) mass is 779 g/mol. The number of aromatic nitrogens is 3. The van der Waals surface area contributed by atoms with Gasteiger partial charge in [-0.1, -0.05) is 146 Å². The number of hydrogen-bond donors (Lipinski definition) is 0. The predicted octanol–water partition coefficient (Wildman–Crippen LogP) is 15.2. The Morgan fingerprint density at radius 3 is 1.75 bits per heavy atom. The van der Waals surface area contributed by atoms with Gasteiger partial charge in [-0.3, -0.25) is 0 Å². The SMILES string of the molecule is c1ccc(-c2nc(-c3cccc4oc5ccccc5c34)nc3c2oc2ccc(-c4ccc(-c5ccc6c(c5)c5ccccc5n6-c5ccccc5)c5ccccc45)cc23)cc1. The molecule has 0 aliphatic heterocycles. The second-order valence-electron chi connectivity index (χ2n) is 15.7. The Hall–Kier alpha value is -8.28. The first kappa shape index (κ1) is 33.7. The normalized spacial score (nSPS) is 11.9. The number of para-hydroxylation sites is 3. The number of hydrogen-bond acceptors (Lipinski definition) is 4. The van der Waals surface area contributed by atoms with Crippen LogP contribution in [-0.4, -0.2) is 14.5 Å². The maximum atomic E-state index is 6.68. The van der Waals surface area contributed by atoms with Crippen molar-refractivity contribution in [3.05, 3.63) is 200 Å². The minimum Gasteiger partial charge on any atom is -0.456 e. The summed E-state index contributed by atoms with van der Waals surface area (Å²) in [5.74, 6) is 0.621. The molecule has 0 aliphatic rings. The van der Waals surface area contributed by atoms with Crippen molar-refractivity contribution in [3.63, 3.8) is 0 Å². The number of nitrogens with zero attached hydrogens (tertiary/aromatic N) is 3. The van der Waals surface area contributed by atoms with Gasteiger partial charge in [-0.05, 0) is 87.6 Å². The van der Waals surface area contributed by atoms with Crippen molar-refractivity contribution in [3.8, 4) is 50.6 Å². The van der Waals surface area contributed by atoms with E-state index in [-0.39, 0.29) is 0 Å². The van der Waals surface area contributed by atoms with Gasteiger partial charge in [-0.25, -0.2) is 9.97 Å². The molecule has 0 fully saturated rings. The zero-order chi connectivity index (χ0) is 40.0. The van der Waals surface area contributed by atoms with Gasteiger partial charge < -0.3 is 13.4 Å². The van der Waals surface area contributed by atoms with Crippen molar-refractivity contribution >= 4 is 76.6 Å². The van der Waals surface area contributed by atoms with E-state index in [0.717, 1.165) is 72.1 Å². The third-order valence-electron chi connectivity index (χ3n) is 12.2. The van der Waals surface area contributed by atoms with Gasteiger partial charge in [0.2, 0.25) is 0 Å². The molecule has 13 rings (SSSR count). The Morgan fingerprint density at radius 1 is 0.361 bits per heavy atom. The maximum Gasteiger partial charge on any atom is 0.180 e. The van der Waals surface area contributed by atoms with Gasteiger partial charge in [-0.15, -0.1) is 0 Å². The maximum absolute atomic E-state index is 6.68. The van der Waals surface area contributed by atoms with Gasteiger partial charge in [0.05, 0.1) is 11.0 Å². The van der Waals surface area contributed by atoms with Crippen molar-refractivity contribution < 1.29 is 8.83 Å². The van der Waals surface area contributed by atoms with Crippen LogP contribution in [0, 0.1) is 0 Å². The van der Waals surface area contributed by atoms with E-state index in [4.69, 9.17) is 18.8 Å². The number of benzene rings is 9. The molecular formula is C56H33N3O2. The lowest BCUT2D eigenvalue weighted by Gasteiger charge is -2.13. The molecule has 0 aliphatic carbocycles. The van der Waals surface area contributed by atoms with E-state index in [1.54, 1.807) is 0 Å². The number of furan rings is 2. The third kappa shape index (κ3) is 5.14. The van der Waals surface area contributed by atoms with E-state index >= 15 is 0 Å². The zero-order valence-corrected chi connectivity index (χ0v) is 32.7. The molecule has 0 N–H and O–H groups in total. The Morgan fingerprint density at radius 2 is 0.967 bits per heavy atom. The molecule has 5 heteroatoms. The summed E-state index contributed by atoms with van der Waals surface area (Å²) in [4.78, 5) is 10.6. The van der Waals surface area contributed by atoms with Crippen molar-refractivity contribution in [1.29, 1.82) is 0 Å². The summed E-state index contributed by atoms with van der Waals surface area (Å²) in [7, 11) is 0. The fourth-order valence-corrected chi connectivity index (χ4v) is 9.48. The van der Waals surface area contributed by atoms with Crippen LogP contribution in [-0.2, 0) is 0 Å². The Kier molecular flexibility index (Phi) is 7.24. The highest BCUT2D eigenvalue weighted by molar-refractivity contribution is 6.15. The first-order valence-electron chi connectivity index (χ1n) is 20.6. The number of fused-ring (bicyclic) bond motifs is 10. The van der Waals surface area contributed by atoms with Crippen LogP contribution in [0.5, 0.6) is 0 Å². The quantitative estimate of drug-likeness (QED) is 0.175. The van der Waals surface area contributed by atoms with Crippen molar-refractivity contribution in [1.82, 2.24) is 14.5 Å². The lowest BCUT2D eigenvalue weighted by Crippen LogP contribution is -1.94. The molecule has 0 saturated carbocycles. The summed E-state index contributed by atoms with van der Waals surface area (Å²) in [6, 6.07) is 70.4. The highest BCUT2D eigenvalue weighted by Crippen LogP contribution is 2.43. The Labute approximate surface area is 349 Å². The average molecular weight is 780 g/mol. The van der Waals surface area contributed by atoms with E-state index < -0.39 is 0 Å². The van der Waals surface area contributed by atoms with Gasteiger partial charge in [0.25, 0.3) is 0 Å². The third-order valence-corrected chi connectivity index (χ3v) is 12.2. The molecule has 0 atom stereocenters. The lowest BCUT2D eigenvalue weighted by atomic mass is 9.91. The highest BCUT2D eigenvalue weighted by atomic mass is 16.3. The first-order chi connectivity index (χ1) is 30.2. The van der Waals surface area contributed by atoms with Gasteiger partial charge in [0.15, 0.2) is 11.4 Å². The minimum atomic E-state index is 0.621. The highest BCUT2D eigenvalue weighted by Gasteiger charge is 2.22. The summed E-state index contributed by atoms with van der Waals surface area (Å²) in [6.07, 6.45) is 0. The fourth-order valence-electron chi connectivity index (χ4n) is 9.48.